The summed E-state index contributed by atoms with van der Waals surface area (Å²) in [5.41, 5.74) is 6.70. The van der Waals surface area contributed by atoms with Gasteiger partial charge in [-0.1, -0.05) is 78.0 Å². The van der Waals surface area contributed by atoms with Crippen LogP contribution in [0.2, 0.25) is 5.02 Å². The maximum Gasteiger partial charge on any atom is 0.407 e. The average Bonchev–Trinajstić information content (AvgIpc) is 3.06. The molecule has 1 aliphatic carbocycles. The van der Waals surface area contributed by atoms with Gasteiger partial charge in [0.2, 0.25) is 0 Å². The smallest absolute Gasteiger partial charge is 0.407 e. The van der Waals surface area contributed by atoms with Crippen LogP contribution in [0.1, 0.15) is 28.2 Å². The molecule has 0 saturated carbocycles. The number of alkyl carbamates (subject to hydrolysis) is 1. The van der Waals surface area contributed by atoms with E-state index in [1.54, 1.807) is 0 Å². The number of hydrogen-bond acceptors (Lipinski definition) is 2. The van der Waals surface area contributed by atoms with E-state index in [4.69, 9.17) is 16.3 Å². The predicted octanol–water partition coefficient (Wildman–Crippen LogP) is 5.54. The van der Waals surface area contributed by atoms with Crippen molar-refractivity contribution in [2.75, 3.05) is 13.2 Å². The topological polar surface area (TPSA) is 38.3 Å². The predicted molar refractivity (Wildman–Crippen MR) is 116 cm³/mol. The highest BCUT2D eigenvalue weighted by molar-refractivity contribution is 6.30. The third kappa shape index (κ3) is 4.13. The monoisotopic (exact) mass is 401 g/mol. The highest BCUT2D eigenvalue weighted by Crippen LogP contribution is 2.44. The highest BCUT2D eigenvalue weighted by Gasteiger charge is 2.28. The first-order chi connectivity index (χ1) is 14.1. The number of carbonyl (C=O) groups excluding carboxylic acids is 1. The summed E-state index contributed by atoms with van der Waals surface area (Å²) in [6, 6.07) is 22.1. The molecule has 4 rings (SSSR count). The number of rotatable bonds is 3. The molecule has 0 aliphatic heterocycles. The summed E-state index contributed by atoms with van der Waals surface area (Å²) in [5.74, 6) is 6.02. The fourth-order valence-electron chi connectivity index (χ4n) is 3.63. The Morgan fingerprint density at radius 1 is 1.03 bits per heavy atom. The van der Waals surface area contributed by atoms with E-state index >= 15 is 0 Å². The molecule has 1 amide bonds. The molecule has 0 radical (unpaired) electrons. The van der Waals surface area contributed by atoms with Crippen LogP contribution in [-0.2, 0) is 4.74 Å². The molecule has 0 bridgehead atoms. The van der Waals surface area contributed by atoms with Gasteiger partial charge in [-0.25, -0.2) is 4.79 Å². The van der Waals surface area contributed by atoms with Crippen LogP contribution in [0, 0.1) is 18.8 Å². The Morgan fingerprint density at radius 2 is 1.69 bits per heavy atom. The third-order valence-electron chi connectivity index (χ3n) is 5.09. The first kappa shape index (κ1) is 19.1. The minimum absolute atomic E-state index is 0.0494. The van der Waals surface area contributed by atoms with Crippen molar-refractivity contribution in [3.63, 3.8) is 0 Å². The third-order valence-corrected chi connectivity index (χ3v) is 5.32. The number of aryl methyl sites for hydroxylation is 1. The van der Waals surface area contributed by atoms with Gasteiger partial charge in [0.05, 0.1) is 6.54 Å². The Bertz CT molecular complexity index is 1080. The Hall–Kier alpha value is -3.22. The van der Waals surface area contributed by atoms with Gasteiger partial charge in [-0.15, -0.1) is 0 Å². The normalized spacial score (nSPS) is 11.8. The van der Waals surface area contributed by atoms with Crippen molar-refractivity contribution < 1.29 is 9.53 Å². The van der Waals surface area contributed by atoms with E-state index in [2.05, 4.69) is 41.4 Å². The Kier molecular flexibility index (Phi) is 5.55. The van der Waals surface area contributed by atoms with E-state index < -0.39 is 6.09 Å². The second-order valence-corrected chi connectivity index (χ2v) is 7.38. The number of nitrogens with one attached hydrogen (secondary N) is 1. The number of amides is 1. The molecule has 4 heteroatoms. The molecule has 0 unspecified atom stereocenters. The van der Waals surface area contributed by atoms with Crippen LogP contribution < -0.4 is 5.32 Å². The van der Waals surface area contributed by atoms with Gasteiger partial charge in [0.25, 0.3) is 0 Å². The Balaban J connectivity index is 1.36. The second-order valence-electron chi connectivity index (χ2n) is 6.94. The molecule has 0 atom stereocenters. The van der Waals surface area contributed by atoms with Crippen LogP contribution in [0.5, 0.6) is 0 Å². The van der Waals surface area contributed by atoms with Crippen molar-refractivity contribution in [3.8, 4) is 23.0 Å². The number of halogens is 1. The van der Waals surface area contributed by atoms with Gasteiger partial charge in [0.15, 0.2) is 0 Å². The van der Waals surface area contributed by atoms with E-state index in [9.17, 15) is 4.79 Å². The number of carbonyl (C=O) groups is 1. The lowest BCUT2D eigenvalue weighted by molar-refractivity contribution is 0.144. The number of benzene rings is 3. The zero-order valence-electron chi connectivity index (χ0n) is 16.0. The highest BCUT2D eigenvalue weighted by atomic mass is 35.5. The first-order valence-corrected chi connectivity index (χ1v) is 9.85. The van der Waals surface area contributed by atoms with Crippen LogP contribution in [-0.4, -0.2) is 19.2 Å². The molecule has 0 fully saturated rings. The van der Waals surface area contributed by atoms with Gasteiger partial charge in [0, 0.05) is 16.5 Å². The number of hydrogen-bond donors (Lipinski definition) is 1. The first-order valence-electron chi connectivity index (χ1n) is 9.47. The summed E-state index contributed by atoms with van der Waals surface area (Å²) < 4.78 is 5.50. The molecule has 3 nitrogen and oxygen atoms in total. The maximum atomic E-state index is 12.1. The van der Waals surface area contributed by atoms with Crippen molar-refractivity contribution in [1.82, 2.24) is 5.32 Å². The fraction of sp³-hybridized carbons (Fsp3) is 0.160. The summed E-state index contributed by atoms with van der Waals surface area (Å²) in [6.45, 7) is 2.47. The summed E-state index contributed by atoms with van der Waals surface area (Å²) in [4.78, 5) is 12.1. The largest absolute Gasteiger partial charge is 0.449 e. The fourth-order valence-corrected chi connectivity index (χ4v) is 3.81. The SMILES string of the molecule is Cc1ccc(Cl)cc1C#CCNC(=O)OCC1c2ccccc2-c2ccccc21. The van der Waals surface area contributed by atoms with Crippen LogP contribution in [0.15, 0.2) is 66.7 Å². The Labute approximate surface area is 175 Å². The van der Waals surface area contributed by atoms with Crippen molar-refractivity contribution in [3.05, 3.63) is 94.0 Å². The van der Waals surface area contributed by atoms with Gasteiger partial charge in [-0.3, -0.25) is 0 Å². The maximum absolute atomic E-state index is 12.1. The van der Waals surface area contributed by atoms with Crippen molar-refractivity contribution in [1.29, 1.82) is 0 Å². The molecule has 0 heterocycles. The van der Waals surface area contributed by atoms with Gasteiger partial charge < -0.3 is 10.1 Å². The van der Waals surface area contributed by atoms with E-state index in [-0.39, 0.29) is 12.5 Å². The molecule has 1 N–H and O–H groups in total. The number of fused-ring (bicyclic) bond motifs is 3. The van der Waals surface area contributed by atoms with E-state index in [1.165, 1.54) is 22.3 Å². The zero-order chi connectivity index (χ0) is 20.2. The quantitative estimate of drug-likeness (QED) is 0.585. The molecular weight excluding hydrogens is 382 g/mol. The summed E-state index contributed by atoms with van der Waals surface area (Å²) >= 11 is 6.00. The molecule has 144 valence electrons. The second kappa shape index (κ2) is 8.43. The lowest BCUT2D eigenvalue weighted by atomic mass is 9.98. The van der Waals surface area contributed by atoms with Gasteiger partial charge in [-0.05, 0) is 46.9 Å². The summed E-state index contributed by atoms with van der Waals surface area (Å²) in [7, 11) is 0. The minimum Gasteiger partial charge on any atom is -0.449 e. The van der Waals surface area contributed by atoms with Crippen molar-refractivity contribution in [2.45, 2.75) is 12.8 Å². The van der Waals surface area contributed by atoms with Crippen LogP contribution in [0.25, 0.3) is 11.1 Å². The molecule has 1 aliphatic rings. The molecule has 0 saturated heterocycles. The number of ether oxygens (including phenoxy) is 1. The molecular formula is C25H20ClNO2. The van der Waals surface area contributed by atoms with E-state index in [0.717, 1.165) is 11.1 Å². The van der Waals surface area contributed by atoms with Gasteiger partial charge in [-0.2, -0.15) is 0 Å². The van der Waals surface area contributed by atoms with E-state index in [0.29, 0.717) is 11.6 Å². The summed E-state index contributed by atoms with van der Waals surface area (Å²) in [6.07, 6.45) is -0.469. The molecule has 3 aromatic rings. The zero-order valence-corrected chi connectivity index (χ0v) is 16.8. The molecule has 0 aromatic heterocycles. The average molecular weight is 402 g/mol. The Morgan fingerprint density at radius 3 is 2.38 bits per heavy atom. The molecule has 3 aromatic carbocycles. The lowest BCUT2D eigenvalue weighted by Gasteiger charge is -2.14. The standard InChI is InChI=1S/C25H20ClNO2/c1-17-12-13-19(26)15-18(17)7-6-14-27-25(28)29-16-24-22-10-4-2-8-20(22)21-9-3-5-11-23(21)24/h2-5,8-13,15,24H,14,16H2,1H3,(H,27,28). The van der Waals surface area contributed by atoms with Gasteiger partial charge >= 0.3 is 6.09 Å². The summed E-state index contributed by atoms with van der Waals surface area (Å²) in [5, 5.41) is 3.33. The van der Waals surface area contributed by atoms with E-state index in [1.807, 2.05) is 49.4 Å². The lowest BCUT2D eigenvalue weighted by Crippen LogP contribution is -2.26. The van der Waals surface area contributed by atoms with Crippen molar-refractivity contribution in [2.24, 2.45) is 0 Å². The molecule has 29 heavy (non-hydrogen) atoms. The van der Waals surface area contributed by atoms with Crippen LogP contribution in [0.4, 0.5) is 4.79 Å². The molecule has 0 spiro atoms. The minimum atomic E-state index is -0.469. The van der Waals surface area contributed by atoms with Crippen molar-refractivity contribution >= 4 is 17.7 Å². The van der Waals surface area contributed by atoms with Crippen LogP contribution >= 0.6 is 11.6 Å². The van der Waals surface area contributed by atoms with Gasteiger partial charge in [0.1, 0.15) is 6.61 Å². The van der Waals surface area contributed by atoms with Crippen LogP contribution in [0.3, 0.4) is 0 Å².